The summed E-state index contributed by atoms with van der Waals surface area (Å²) >= 11 is 0. The summed E-state index contributed by atoms with van der Waals surface area (Å²) in [7, 11) is -3.06. The van der Waals surface area contributed by atoms with Crippen LogP contribution in [0.2, 0.25) is 0 Å². The van der Waals surface area contributed by atoms with Gasteiger partial charge in [-0.1, -0.05) is 19.1 Å². The second-order valence-electron chi connectivity index (χ2n) is 5.26. The third-order valence-corrected chi connectivity index (χ3v) is 5.14. The van der Waals surface area contributed by atoms with E-state index in [1.165, 1.54) is 10.6 Å². The normalized spacial score (nSPS) is 19.1. The van der Waals surface area contributed by atoms with Crippen molar-refractivity contribution in [3.05, 3.63) is 29.8 Å². The van der Waals surface area contributed by atoms with E-state index in [1.54, 1.807) is 0 Å². The first-order chi connectivity index (χ1) is 9.41. The van der Waals surface area contributed by atoms with Crippen LogP contribution in [-0.2, 0) is 10.0 Å². The van der Waals surface area contributed by atoms with Gasteiger partial charge in [0.1, 0.15) is 0 Å². The highest BCUT2D eigenvalue weighted by Crippen LogP contribution is 2.21. The zero-order valence-corrected chi connectivity index (χ0v) is 12.9. The topological polar surface area (TPSA) is 66.6 Å². The highest BCUT2D eigenvalue weighted by molar-refractivity contribution is 7.88. The van der Waals surface area contributed by atoms with Crippen molar-refractivity contribution in [2.45, 2.75) is 19.4 Å². The first-order valence-corrected chi connectivity index (χ1v) is 8.82. The molecular weight excluding hydrogens is 274 g/mol. The number of hydrogen-bond donors (Lipinski definition) is 1. The highest BCUT2D eigenvalue weighted by Gasteiger charge is 2.23. The van der Waals surface area contributed by atoms with Crippen molar-refractivity contribution >= 4 is 15.7 Å². The van der Waals surface area contributed by atoms with Crippen LogP contribution < -0.4 is 10.6 Å². The number of anilines is 1. The number of nitrogens with zero attached hydrogens (tertiary/aromatic N) is 2. The van der Waals surface area contributed by atoms with Crippen molar-refractivity contribution in [2.75, 3.05) is 37.3 Å². The lowest BCUT2D eigenvalue weighted by Crippen LogP contribution is -2.48. The van der Waals surface area contributed by atoms with Crippen molar-refractivity contribution < 1.29 is 8.42 Å². The van der Waals surface area contributed by atoms with Crippen molar-refractivity contribution in [1.29, 1.82) is 0 Å². The zero-order chi connectivity index (χ0) is 14.8. The number of rotatable bonds is 4. The number of benzene rings is 1. The molecule has 1 heterocycles. The molecule has 6 heteroatoms. The van der Waals surface area contributed by atoms with E-state index in [9.17, 15) is 8.42 Å². The van der Waals surface area contributed by atoms with Crippen LogP contribution in [0, 0.1) is 0 Å². The SMILES string of the molecule is CC[C@@H](N)c1ccc(N2CCN(S(C)(=O)=O)CC2)cc1. The second-order valence-corrected chi connectivity index (χ2v) is 7.24. The fourth-order valence-corrected chi connectivity index (χ4v) is 3.27. The Morgan fingerprint density at radius 2 is 1.70 bits per heavy atom. The number of hydrogen-bond acceptors (Lipinski definition) is 4. The van der Waals surface area contributed by atoms with Crippen LogP contribution in [0.15, 0.2) is 24.3 Å². The summed E-state index contributed by atoms with van der Waals surface area (Å²) in [5.41, 5.74) is 8.28. The maximum absolute atomic E-state index is 11.5. The summed E-state index contributed by atoms with van der Waals surface area (Å²) < 4.78 is 24.5. The lowest BCUT2D eigenvalue weighted by atomic mass is 10.0. The Kier molecular flexibility index (Phi) is 4.67. The molecule has 0 unspecified atom stereocenters. The molecule has 1 atom stereocenters. The molecule has 0 bridgehead atoms. The van der Waals surface area contributed by atoms with E-state index in [2.05, 4.69) is 36.1 Å². The van der Waals surface area contributed by atoms with Crippen LogP contribution in [0.3, 0.4) is 0 Å². The zero-order valence-electron chi connectivity index (χ0n) is 12.1. The van der Waals surface area contributed by atoms with Crippen LogP contribution >= 0.6 is 0 Å². The minimum Gasteiger partial charge on any atom is -0.369 e. The quantitative estimate of drug-likeness (QED) is 0.906. The van der Waals surface area contributed by atoms with E-state index in [0.717, 1.165) is 30.8 Å². The molecule has 0 amide bonds. The molecule has 20 heavy (non-hydrogen) atoms. The average molecular weight is 297 g/mol. The van der Waals surface area contributed by atoms with E-state index in [1.807, 2.05) is 0 Å². The second kappa shape index (κ2) is 6.11. The van der Waals surface area contributed by atoms with Crippen molar-refractivity contribution in [3.8, 4) is 0 Å². The van der Waals surface area contributed by atoms with Gasteiger partial charge in [-0.05, 0) is 24.1 Å². The predicted molar refractivity (Wildman–Crippen MR) is 82.3 cm³/mol. The van der Waals surface area contributed by atoms with Gasteiger partial charge in [-0.3, -0.25) is 0 Å². The van der Waals surface area contributed by atoms with Crippen molar-refractivity contribution in [1.82, 2.24) is 4.31 Å². The molecule has 2 rings (SSSR count). The number of piperazine rings is 1. The van der Waals surface area contributed by atoms with Gasteiger partial charge in [0, 0.05) is 37.9 Å². The molecule has 2 N–H and O–H groups in total. The molecule has 112 valence electrons. The Labute approximate surface area is 121 Å². The summed E-state index contributed by atoms with van der Waals surface area (Å²) in [6, 6.07) is 8.35. The monoisotopic (exact) mass is 297 g/mol. The maximum atomic E-state index is 11.5. The van der Waals surface area contributed by atoms with Gasteiger partial charge in [0.25, 0.3) is 0 Å². The Morgan fingerprint density at radius 1 is 1.15 bits per heavy atom. The van der Waals surface area contributed by atoms with Gasteiger partial charge < -0.3 is 10.6 Å². The van der Waals surface area contributed by atoms with Gasteiger partial charge >= 0.3 is 0 Å². The van der Waals surface area contributed by atoms with Gasteiger partial charge in [-0.15, -0.1) is 0 Å². The predicted octanol–water partition coefficient (Wildman–Crippen LogP) is 1.18. The van der Waals surface area contributed by atoms with E-state index in [-0.39, 0.29) is 6.04 Å². The molecule has 0 saturated carbocycles. The molecule has 1 saturated heterocycles. The minimum atomic E-state index is -3.06. The van der Waals surface area contributed by atoms with Gasteiger partial charge in [0.2, 0.25) is 10.0 Å². The summed E-state index contributed by atoms with van der Waals surface area (Å²) in [5, 5.41) is 0. The molecule has 1 aliphatic rings. The van der Waals surface area contributed by atoms with Gasteiger partial charge in [0.05, 0.1) is 6.26 Å². The molecule has 1 aromatic rings. The number of nitrogens with two attached hydrogens (primary N) is 1. The Bertz CT molecular complexity index is 534. The molecular formula is C14H23N3O2S. The van der Waals surface area contributed by atoms with Gasteiger partial charge in [-0.25, -0.2) is 8.42 Å². The smallest absolute Gasteiger partial charge is 0.211 e. The molecule has 1 fully saturated rings. The standard InChI is InChI=1S/C14H23N3O2S/c1-3-14(15)12-4-6-13(7-5-12)16-8-10-17(11-9-16)20(2,18)19/h4-7,14H,3,8-11,15H2,1-2H3/t14-/m1/s1. The average Bonchev–Trinajstić information content (AvgIpc) is 2.46. The first-order valence-electron chi connectivity index (χ1n) is 6.97. The first kappa shape index (κ1) is 15.3. The summed E-state index contributed by atoms with van der Waals surface area (Å²) in [4.78, 5) is 2.21. The van der Waals surface area contributed by atoms with Crippen LogP contribution in [0.5, 0.6) is 0 Å². The van der Waals surface area contributed by atoms with E-state index >= 15 is 0 Å². The summed E-state index contributed by atoms with van der Waals surface area (Å²) in [5.74, 6) is 0. The Balaban J connectivity index is 2.00. The van der Waals surface area contributed by atoms with Crippen molar-refractivity contribution in [2.24, 2.45) is 5.73 Å². The lowest BCUT2D eigenvalue weighted by molar-refractivity contribution is 0.388. The highest BCUT2D eigenvalue weighted by atomic mass is 32.2. The molecule has 1 aromatic carbocycles. The number of sulfonamides is 1. The molecule has 0 aromatic heterocycles. The minimum absolute atomic E-state index is 0.0890. The molecule has 1 aliphatic heterocycles. The fourth-order valence-electron chi connectivity index (χ4n) is 2.45. The molecule has 0 spiro atoms. The molecule has 0 aliphatic carbocycles. The van der Waals surface area contributed by atoms with Crippen molar-refractivity contribution in [3.63, 3.8) is 0 Å². The summed E-state index contributed by atoms with van der Waals surface area (Å²) in [6.07, 6.45) is 2.19. The van der Waals surface area contributed by atoms with E-state index < -0.39 is 10.0 Å². The molecule has 5 nitrogen and oxygen atoms in total. The largest absolute Gasteiger partial charge is 0.369 e. The van der Waals surface area contributed by atoms with E-state index in [0.29, 0.717) is 13.1 Å². The van der Waals surface area contributed by atoms with E-state index in [4.69, 9.17) is 5.73 Å². The third kappa shape index (κ3) is 3.50. The summed E-state index contributed by atoms with van der Waals surface area (Å²) in [6.45, 7) is 4.63. The van der Waals surface area contributed by atoms with Gasteiger partial charge in [-0.2, -0.15) is 4.31 Å². The fraction of sp³-hybridized carbons (Fsp3) is 0.571. The molecule has 0 radical (unpaired) electrons. The maximum Gasteiger partial charge on any atom is 0.211 e. The van der Waals surface area contributed by atoms with Crippen LogP contribution in [0.1, 0.15) is 24.9 Å². The Morgan fingerprint density at radius 3 is 2.15 bits per heavy atom. The third-order valence-electron chi connectivity index (χ3n) is 3.83. The van der Waals surface area contributed by atoms with Crippen LogP contribution in [-0.4, -0.2) is 45.2 Å². The van der Waals surface area contributed by atoms with Crippen LogP contribution in [0.4, 0.5) is 5.69 Å². The van der Waals surface area contributed by atoms with Gasteiger partial charge in [0.15, 0.2) is 0 Å². The lowest BCUT2D eigenvalue weighted by Gasteiger charge is -2.34. The Hall–Kier alpha value is -1.11. The van der Waals surface area contributed by atoms with Crippen LogP contribution in [0.25, 0.3) is 0 Å².